The van der Waals surface area contributed by atoms with Crippen LogP contribution in [0.5, 0.6) is 0 Å². The lowest BCUT2D eigenvalue weighted by atomic mass is 9.91. The van der Waals surface area contributed by atoms with Gasteiger partial charge >= 0.3 is 0 Å². The number of likely N-dealkylation sites (tertiary alicyclic amines) is 1. The zero-order valence-electron chi connectivity index (χ0n) is 11.8. The van der Waals surface area contributed by atoms with Gasteiger partial charge in [-0.2, -0.15) is 5.10 Å². The Hall–Kier alpha value is -1.03. The van der Waals surface area contributed by atoms with Crippen LogP contribution in [0.3, 0.4) is 0 Å². The number of piperidine rings is 1. The van der Waals surface area contributed by atoms with Crippen LogP contribution in [0.15, 0.2) is 12.4 Å². The lowest BCUT2D eigenvalue weighted by Gasteiger charge is -2.36. The van der Waals surface area contributed by atoms with Gasteiger partial charge in [0, 0.05) is 19.3 Å². The highest BCUT2D eigenvalue weighted by molar-refractivity contribution is 6.30. The molecule has 0 N–H and O–H groups in total. The number of rotatable bonds is 3. The number of nitrogens with zero attached hydrogens (tertiary/aromatic N) is 3. The molecule has 1 aliphatic heterocycles. The molecule has 1 saturated heterocycles. The van der Waals surface area contributed by atoms with Crippen molar-refractivity contribution in [3.63, 3.8) is 0 Å². The molecule has 1 amide bonds. The third-order valence-corrected chi connectivity index (χ3v) is 3.86. The minimum Gasteiger partial charge on any atom is -0.342 e. The summed E-state index contributed by atoms with van der Waals surface area (Å²) in [6.07, 6.45) is 4.57. The molecule has 2 heterocycles. The lowest BCUT2D eigenvalue weighted by Crippen LogP contribution is -2.45. The molecule has 0 spiro atoms. The maximum Gasteiger partial charge on any atom is 0.227 e. The second-order valence-corrected chi connectivity index (χ2v) is 6.41. The molecule has 1 aromatic rings. The highest BCUT2D eigenvalue weighted by atomic mass is 35.5. The van der Waals surface area contributed by atoms with Crippen molar-refractivity contribution in [2.75, 3.05) is 13.1 Å². The van der Waals surface area contributed by atoms with E-state index >= 15 is 0 Å². The lowest BCUT2D eigenvalue weighted by molar-refractivity contribution is -0.138. The fraction of sp³-hybridized carbons (Fsp3) is 0.714. The Labute approximate surface area is 119 Å². The third kappa shape index (κ3) is 3.72. The van der Waals surface area contributed by atoms with E-state index in [0.29, 0.717) is 23.4 Å². The number of amides is 1. The number of hydrogen-bond acceptors (Lipinski definition) is 2. The van der Waals surface area contributed by atoms with E-state index in [0.717, 1.165) is 13.1 Å². The maximum atomic E-state index is 12.5. The average Bonchev–Trinajstić information content (AvgIpc) is 2.72. The predicted molar refractivity (Wildman–Crippen MR) is 75.9 cm³/mol. The Bertz CT molecular complexity index is 436. The van der Waals surface area contributed by atoms with Gasteiger partial charge in [0.05, 0.1) is 23.7 Å². The van der Waals surface area contributed by atoms with Crippen LogP contribution in [0.25, 0.3) is 0 Å². The Morgan fingerprint density at radius 1 is 1.47 bits per heavy atom. The molecular formula is C14H22ClN3O. The summed E-state index contributed by atoms with van der Waals surface area (Å²) < 4.78 is 1.74. The summed E-state index contributed by atoms with van der Waals surface area (Å²) >= 11 is 5.83. The van der Waals surface area contributed by atoms with Gasteiger partial charge in [-0.15, -0.1) is 0 Å². The van der Waals surface area contributed by atoms with Crippen LogP contribution < -0.4 is 0 Å². The van der Waals surface area contributed by atoms with Gasteiger partial charge in [0.15, 0.2) is 0 Å². The van der Waals surface area contributed by atoms with E-state index in [1.165, 1.54) is 6.42 Å². The first-order chi connectivity index (χ1) is 8.95. The maximum absolute atomic E-state index is 12.5. The predicted octanol–water partition coefficient (Wildman–Crippen LogP) is 2.68. The molecule has 3 atom stereocenters. The first kappa shape index (κ1) is 14.4. The van der Waals surface area contributed by atoms with Crippen molar-refractivity contribution in [3.8, 4) is 0 Å². The van der Waals surface area contributed by atoms with Gasteiger partial charge in [-0.3, -0.25) is 9.48 Å². The van der Waals surface area contributed by atoms with Gasteiger partial charge in [0.25, 0.3) is 0 Å². The monoisotopic (exact) mass is 283 g/mol. The van der Waals surface area contributed by atoms with E-state index in [-0.39, 0.29) is 11.8 Å². The molecule has 1 aromatic heterocycles. The number of hydrogen-bond donors (Lipinski definition) is 0. The third-order valence-electron chi connectivity index (χ3n) is 3.66. The van der Waals surface area contributed by atoms with Gasteiger partial charge in [-0.25, -0.2) is 0 Å². The first-order valence-electron chi connectivity index (χ1n) is 6.92. The van der Waals surface area contributed by atoms with Crippen molar-refractivity contribution in [3.05, 3.63) is 17.4 Å². The van der Waals surface area contributed by atoms with Crippen LogP contribution in [-0.2, 0) is 11.3 Å². The van der Waals surface area contributed by atoms with Gasteiger partial charge < -0.3 is 4.90 Å². The molecule has 0 aromatic carbocycles. The zero-order chi connectivity index (χ0) is 14.0. The molecule has 19 heavy (non-hydrogen) atoms. The Morgan fingerprint density at radius 3 is 2.63 bits per heavy atom. The van der Waals surface area contributed by atoms with Crippen molar-refractivity contribution < 1.29 is 4.79 Å². The van der Waals surface area contributed by atoms with E-state index in [9.17, 15) is 4.79 Å². The molecule has 0 aliphatic carbocycles. The summed E-state index contributed by atoms with van der Waals surface area (Å²) in [5, 5.41) is 4.74. The van der Waals surface area contributed by atoms with Crippen LogP contribution in [0.1, 0.15) is 27.2 Å². The summed E-state index contributed by atoms with van der Waals surface area (Å²) in [5.74, 6) is 1.36. The molecule has 0 bridgehead atoms. The summed E-state index contributed by atoms with van der Waals surface area (Å²) in [6, 6.07) is 0. The molecule has 4 nitrogen and oxygen atoms in total. The Morgan fingerprint density at radius 2 is 2.11 bits per heavy atom. The molecule has 1 aliphatic rings. The fourth-order valence-corrected chi connectivity index (χ4v) is 3.11. The Kier molecular flexibility index (Phi) is 4.50. The first-order valence-corrected chi connectivity index (χ1v) is 7.30. The second kappa shape index (κ2) is 5.95. The molecule has 0 unspecified atom stereocenters. The van der Waals surface area contributed by atoms with Crippen LogP contribution in [0.4, 0.5) is 0 Å². The van der Waals surface area contributed by atoms with Crippen LogP contribution >= 0.6 is 11.6 Å². The Balaban J connectivity index is 1.94. The fourth-order valence-electron chi connectivity index (χ4n) is 2.95. The minimum absolute atomic E-state index is 0.0616. The number of halogens is 1. The highest BCUT2D eigenvalue weighted by Crippen LogP contribution is 2.22. The normalized spacial score (nSPS) is 25.4. The van der Waals surface area contributed by atoms with E-state index in [4.69, 9.17) is 11.6 Å². The van der Waals surface area contributed by atoms with Crippen LogP contribution in [0, 0.1) is 17.8 Å². The van der Waals surface area contributed by atoms with Gasteiger partial charge in [0.1, 0.15) is 0 Å². The molecule has 106 valence electrons. The molecular weight excluding hydrogens is 262 g/mol. The zero-order valence-corrected chi connectivity index (χ0v) is 12.6. The van der Waals surface area contributed by atoms with Gasteiger partial charge in [-0.05, 0) is 18.3 Å². The van der Waals surface area contributed by atoms with Crippen molar-refractivity contribution >= 4 is 17.5 Å². The summed E-state index contributed by atoms with van der Waals surface area (Å²) in [7, 11) is 0. The number of aromatic nitrogens is 2. The molecule has 0 saturated carbocycles. The standard InChI is InChI=1S/C14H22ClN3O/c1-10-4-11(2)7-17(6-10)14(19)12(3)8-18-9-13(15)5-16-18/h5,9-12H,4,6-8H2,1-3H3/t10-,11+,12-/m1/s1. The quantitative estimate of drug-likeness (QED) is 0.855. The largest absolute Gasteiger partial charge is 0.342 e. The smallest absolute Gasteiger partial charge is 0.227 e. The van der Waals surface area contributed by atoms with E-state index in [2.05, 4.69) is 18.9 Å². The van der Waals surface area contributed by atoms with E-state index in [1.807, 2.05) is 11.8 Å². The number of carbonyl (C=O) groups is 1. The topological polar surface area (TPSA) is 38.1 Å². The van der Waals surface area contributed by atoms with Crippen molar-refractivity contribution in [1.82, 2.24) is 14.7 Å². The minimum atomic E-state index is -0.0616. The van der Waals surface area contributed by atoms with Crippen LogP contribution in [-0.4, -0.2) is 33.7 Å². The second-order valence-electron chi connectivity index (χ2n) is 5.97. The molecule has 1 fully saturated rings. The van der Waals surface area contributed by atoms with Crippen molar-refractivity contribution in [2.45, 2.75) is 33.7 Å². The molecule has 0 radical (unpaired) electrons. The number of carbonyl (C=O) groups excluding carboxylic acids is 1. The molecule has 5 heteroatoms. The van der Waals surface area contributed by atoms with Crippen molar-refractivity contribution in [1.29, 1.82) is 0 Å². The van der Waals surface area contributed by atoms with E-state index < -0.39 is 0 Å². The van der Waals surface area contributed by atoms with Gasteiger partial charge in [0.2, 0.25) is 5.91 Å². The summed E-state index contributed by atoms with van der Waals surface area (Å²) in [4.78, 5) is 14.5. The summed E-state index contributed by atoms with van der Waals surface area (Å²) in [6.45, 7) is 8.75. The molecule has 2 rings (SSSR count). The average molecular weight is 284 g/mol. The van der Waals surface area contributed by atoms with Crippen molar-refractivity contribution in [2.24, 2.45) is 17.8 Å². The summed E-state index contributed by atoms with van der Waals surface area (Å²) in [5.41, 5.74) is 0. The van der Waals surface area contributed by atoms with Gasteiger partial charge in [-0.1, -0.05) is 32.4 Å². The van der Waals surface area contributed by atoms with Crippen LogP contribution in [0.2, 0.25) is 5.02 Å². The highest BCUT2D eigenvalue weighted by Gasteiger charge is 2.28. The van der Waals surface area contributed by atoms with E-state index in [1.54, 1.807) is 17.1 Å². The SMILES string of the molecule is C[C@@H]1C[C@H](C)CN(C(=O)[C@H](C)Cn2cc(Cl)cn2)C1.